The van der Waals surface area contributed by atoms with Crippen molar-refractivity contribution in [2.24, 2.45) is 0 Å². The van der Waals surface area contributed by atoms with E-state index in [1.165, 1.54) is 15.3 Å². The van der Waals surface area contributed by atoms with E-state index in [0.717, 1.165) is 5.69 Å². The molecule has 21 heavy (non-hydrogen) atoms. The first-order valence-electron chi connectivity index (χ1n) is 6.87. The van der Waals surface area contributed by atoms with E-state index in [-0.39, 0.29) is 11.9 Å². The molecule has 1 aromatic heterocycles. The summed E-state index contributed by atoms with van der Waals surface area (Å²) in [6, 6.07) is 7.60. The van der Waals surface area contributed by atoms with Crippen LogP contribution in [0.1, 0.15) is 38.6 Å². The average Bonchev–Trinajstić information content (AvgIpc) is 2.79. The van der Waals surface area contributed by atoms with Gasteiger partial charge in [-0.05, 0) is 50.6 Å². The monoisotopic (exact) mass is 303 g/mol. The Morgan fingerprint density at radius 2 is 2.00 bits per heavy atom. The summed E-state index contributed by atoms with van der Waals surface area (Å²) in [5.41, 5.74) is 9.29. The molecule has 0 aliphatic carbocycles. The van der Waals surface area contributed by atoms with Gasteiger partial charge in [0.1, 0.15) is 0 Å². The van der Waals surface area contributed by atoms with Crippen molar-refractivity contribution in [3.05, 3.63) is 45.1 Å². The highest BCUT2D eigenvalue weighted by atomic mass is 32.1. The van der Waals surface area contributed by atoms with Crippen LogP contribution in [0.2, 0.25) is 0 Å². The quantitative estimate of drug-likeness (QED) is 0.758. The second-order valence-electron chi connectivity index (χ2n) is 5.12. The molecule has 4 N–H and O–H groups in total. The van der Waals surface area contributed by atoms with Gasteiger partial charge in [-0.2, -0.15) is 0 Å². The van der Waals surface area contributed by atoms with Crippen molar-refractivity contribution in [1.82, 2.24) is 5.32 Å². The van der Waals surface area contributed by atoms with Gasteiger partial charge in [0.2, 0.25) is 0 Å². The minimum Gasteiger partial charge on any atom is -0.397 e. The molecule has 0 spiro atoms. The number of hydrogen-bond donors (Lipinski definition) is 3. The van der Waals surface area contributed by atoms with Crippen LogP contribution < -0.4 is 16.4 Å². The van der Waals surface area contributed by atoms with Crippen LogP contribution in [-0.2, 0) is 0 Å². The van der Waals surface area contributed by atoms with Crippen LogP contribution in [-0.4, -0.2) is 13.0 Å². The van der Waals surface area contributed by atoms with Crippen molar-refractivity contribution < 1.29 is 4.79 Å². The Morgan fingerprint density at radius 3 is 2.57 bits per heavy atom. The number of aryl methyl sites for hydroxylation is 2. The van der Waals surface area contributed by atoms with E-state index < -0.39 is 0 Å². The molecule has 1 atom stereocenters. The molecule has 1 heterocycles. The molecule has 0 bridgehead atoms. The highest BCUT2D eigenvalue weighted by Crippen LogP contribution is 2.30. The number of nitrogen functional groups attached to an aromatic ring is 1. The van der Waals surface area contributed by atoms with E-state index >= 15 is 0 Å². The number of carbonyl (C=O) groups excluding carboxylic acids is 1. The number of carbonyl (C=O) groups is 1. The maximum Gasteiger partial charge on any atom is 0.251 e. The van der Waals surface area contributed by atoms with Crippen LogP contribution in [0, 0.1) is 13.8 Å². The van der Waals surface area contributed by atoms with E-state index in [1.807, 2.05) is 0 Å². The molecular weight excluding hydrogens is 282 g/mol. The maximum absolute atomic E-state index is 11.7. The van der Waals surface area contributed by atoms with Gasteiger partial charge < -0.3 is 16.4 Å². The van der Waals surface area contributed by atoms with Gasteiger partial charge in [-0.3, -0.25) is 4.79 Å². The van der Waals surface area contributed by atoms with Crippen LogP contribution in [0.3, 0.4) is 0 Å². The molecule has 2 rings (SSSR count). The molecule has 1 unspecified atom stereocenters. The van der Waals surface area contributed by atoms with E-state index in [4.69, 9.17) is 5.73 Å². The maximum atomic E-state index is 11.7. The number of nitrogens with one attached hydrogen (secondary N) is 2. The largest absolute Gasteiger partial charge is 0.397 e. The lowest BCUT2D eigenvalue weighted by atomic mass is 10.1. The lowest BCUT2D eigenvalue weighted by molar-refractivity contribution is 0.0963. The van der Waals surface area contributed by atoms with E-state index in [0.29, 0.717) is 11.3 Å². The zero-order valence-electron chi connectivity index (χ0n) is 12.8. The molecule has 5 heteroatoms. The third kappa shape index (κ3) is 3.36. The Morgan fingerprint density at radius 1 is 1.29 bits per heavy atom. The highest BCUT2D eigenvalue weighted by molar-refractivity contribution is 7.12. The molecule has 4 nitrogen and oxygen atoms in total. The molecule has 2 aromatic rings. The summed E-state index contributed by atoms with van der Waals surface area (Å²) >= 11 is 1.79. The van der Waals surface area contributed by atoms with Crippen molar-refractivity contribution in [1.29, 1.82) is 0 Å². The smallest absolute Gasteiger partial charge is 0.251 e. The van der Waals surface area contributed by atoms with Gasteiger partial charge in [0.15, 0.2) is 0 Å². The summed E-state index contributed by atoms with van der Waals surface area (Å²) in [5.74, 6) is -0.117. The van der Waals surface area contributed by atoms with Gasteiger partial charge in [0.25, 0.3) is 5.91 Å². The lowest BCUT2D eigenvalue weighted by Gasteiger charge is -2.17. The van der Waals surface area contributed by atoms with Crippen molar-refractivity contribution in [3.8, 4) is 0 Å². The van der Waals surface area contributed by atoms with Gasteiger partial charge in [0, 0.05) is 28.4 Å². The predicted octanol–water partition coefficient (Wildman–Crippen LogP) is 3.48. The van der Waals surface area contributed by atoms with Gasteiger partial charge in [-0.1, -0.05) is 0 Å². The summed E-state index contributed by atoms with van der Waals surface area (Å²) in [5, 5.41) is 6.02. The van der Waals surface area contributed by atoms with Gasteiger partial charge >= 0.3 is 0 Å². The third-order valence-corrected chi connectivity index (χ3v) is 4.44. The van der Waals surface area contributed by atoms with Crippen LogP contribution in [0.25, 0.3) is 0 Å². The fourth-order valence-electron chi connectivity index (χ4n) is 2.36. The average molecular weight is 303 g/mol. The SMILES string of the molecule is CNC(=O)c1ccc(N)c(NC(C)c2cc(C)sc2C)c1. The van der Waals surface area contributed by atoms with Crippen molar-refractivity contribution >= 4 is 28.6 Å². The summed E-state index contributed by atoms with van der Waals surface area (Å²) in [4.78, 5) is 14.3. The summed E-state index contributed by atoms with van der Waals surface area (Å²) < 4.78 is 0. The normalized spacial score (nSPS) is 12.0. The number of nitrogens with two attached hydrogens (primary N) is 1. The summed E-state index contributed by atoms with van der Waals surface area (Å²) in [6.45, 7) is 6.32. The number of amides is 1. The first-order chi connectivity index (χ1) is 9.92. The summed E-state index contributed by atoms with van der Waals surface area (Å²) in [7, 11) is 1.62. The molecule has 1 amide bonds. The Bertz CT molecular complexity index is 664. The molecule has 0 aliphatic rings. The highest BCUT2D eigenvalue weighted by Gasteiger charge is 2.13. The van der Waals surface area contributed by atoms with E-state index in [9.17, 15) is 4.79 Å². The number of benzene rings is 1. The molecule has 0 saturated heterocycles. The van der Waals surface area contributed by atoms with Gasteiger partial charge in [-0.25, -0.2) is 0 Å². The van der Waals surface area contributed by atoms with Crippen molar-refractivity contribution in [2.45, 2.75) is 26.8 Å². The fourth-order valence-corrected chi connectivity index (χ4v) is 3.38. The second kappa shape index (κ2) is 6.18. The predicted molar refractivity (Wildman–Crippen MR) is 90.1 cm³/mol. The summed E-state index contributed by atoms with van der Waals surface area (Å²) in [6.07, 6.45) is 0. The number of hydrogen-bond acceptors (Lipinski definition) is 4. The molecule has 0 radical (unpaired) electrons. The Balaban J connectivity index is 2.26. The zero-order valence-corrected chi connectivity index (χ0v) is 13.6. The van der Waals surface area contributed by atoms with Crippen LogP contribution >= 0.6 is 11.3 Å². The molecule has 0 saturated carbocycles. The minimum atomic E-state index is -0.117. The van der Waals surface area contributed by atoms with E-state index in [2.05, 4.69) is 37.5 Å². The Labute approximate surface area is 129 Å². The molecule has 0 aliphatic heterocycles. The zero-order chi connectivity index (χ0) is 15.6. The van der Waals surface area contributed by atoms with Crippen molar-refractivity contribution in [2.75, 3.05) is 18.1 Å². The topological polar surface area (TPSA) is 67.2 Å². The van der Waals surface area contributed by atoms with Gasteiger partial charge in [0.05, 0.1) is 11.4 Å². The number of thiophene rings is 1. The first kappa shape index (κ1) is 15.4. The first-order valence-corrected chi connectivity index (χ1v) is 7.69. The second-order valence-corrected chi connectivity index (χ2v) is 6.58. The Kier molecular flexibility index (Phi) is 4.53. The minimum absolute atomic E-state index is 0.117. The van der Waals surface area contributed by atoms with Crippen LogP contribution in [0.4, 0.5) is 11.4 Å². The Hall–Kier alpha value is -2.01. The third-order valence-electron chi connectivity index (χ3n) is 3.46. The van der Waals surface area contributed by atoms with Crippen molar-refractivity contribution in [3.63, 3.8) is 0 Å². The standard InChI is InChI=1S/C16H21N3OS/c1-9-7-13(11(3)21-9)10(2)19-15-8-12(16(20)18-4)5-6-14(15)17/h5-8,10,19H,17H2,1-4H3,(H,18,20). The molecule has 0 fully saturated rings. The molecular formula is C16H21N3OS. The fraction of sp³-hybridized carbons (Fsp3) is 0.312. The van der Waals surface area contributed by atoms with Crippen LogP contribution in [0.15, 0.2) is 24.3 Å². The molecule has 1 aromatic carbocycles. The van der Waals surface area contributed by atoms with Gasteiger partial charge in [-0.15, -0.1) is 11.3 Å². The number of rotatable bonds is 4. The number of anilines is 2. The lowest BCUT2D eigenvalue weighted by Crippen LogP contribution is -2.18. The molecule has 112 valence electrons. The van der Waals surface area contributed by atoms with Crippen LogP contribution in [0.5, 0.6) is 0 Å². The van der Waals surface area contributed by atoms with E-state index in [1.54, 1.807) is 36.6 Å².